The van der Waals surface area contributed by atoms with Crippen LogP contribution in [0, 0.1) is 5.92 Å². The number of pyridine rings is 1. The van der Waals surface area contributed by atoms with Gasteiger partial charge in [-0.1, -0.05) is 12.8 Å². The normalized spacial score (nSPS) is 24.3. The summed E-state index contributed by atoms with van der Waals surface area (Å²) < 4.78 is 0. The van der Waals surface area contributed by atoms with Gasteiger partial charge in [-0.3, -0.25) is 9.78 Å². The van der Waals surface area contributed by atoms with E-state index in [2.05, 4.69) is 14.9 Å². The molecular formula is C18H21N3OS. The van der Waals surface area contributed by atoms with Crippen LogP contribution in [0.1, 0.15) is 49.0 Å². The predicted octanol–water partition coefficient (Wildman–Crippen LogP) is 4.00. The monoisotopic (exact) mass is 327 g/mol. The quantitative estimate of drug-likeness (QED) is 0.837. The maximum atomic E-state index is 13.0. The van der Waals surface area contributed by atoms with E-state index in [4.69, 9.17) is 0 Å². The Kier molecular flexibility index (Phi) is 4.12. The van der Waals surface area contributed by atoms with E-state index in [1.54, 1.807) is 12.4 Å². The zero-order valence-electron chi connectivity index (χ0n) is 13.1. The van der Waals surface area contributed by atoms with E-state index in [1.807, 2.05) is 17.5 Å². The van der Waals surface area contributed by atoms with Gasteiger partial charge in [0.25, 0.3) is 5.91 Å². The first-order valence-corrected chi connectivity index (χ1v) is 9.38. The van der Waals surface area contributed by atoms with E-state index in [-0.39, 0.29) is 5.91 Å². The zero-order valence-corrected chi connectivity index (χ0v) is 14.0. The SMILES string of the molecule is O=C(c1csc(-c2cccnc2)n1)N1CCC[C@H]2CCCC[C@H]21. The van der Waals surface area contributed by atoms with Gasteiger partial charge in [-0.2, -0.15) is 0 Å². The number of nitrogens with zero attached hydrogens (tertiary/aromatic N) is 3. The van der Waals surface area contributed by atoms with Gasteiger partial charge in [-0.25, -0.2) is 4.98 Å². The number of amides is 1. The van der Waals surface area contributed by atoms with E-state index in [9.17, 15) is 4.79 Å². The highest BCUT2D eigenvalue weighted by Gasteiger charge is 2.36. The summed E-state index contributed by atoms with van der Waals surface area (Å²) in [6.45, 7) is 0.889. The molecule has 4 rings (SSSR count). The van der Waals surface area contributed by atoms with E-state index in [1.165, 1.54) is 37.0 Å². The van der Waals surface area contributed by atoms with Crippen molar-refractivity contribution >= 4 is 17.2 Å². The van der Waals surface area contributed by atoms with Gasteiger partial charge in [0.2, 0.25) is 0 Å². The summed E-state index contributed by atoms with van der Waals surface area (Å²) in [5, 5.41) is 2.77. The molecule has 2 fully saturated rings. The topological polar surface area (TPSA) is 46.1 Å². The van der Waals surface area contributed by atoms with Gasteiger partial charge in [-0.15, -0.1) is 11.3 Å². The van der Waals surface area contributed by atoms with E-state index in [0.29, 0.717) is 17.7 Å². The number of likely N-dealkylation sites (tertiary alicyclic amines) is 1. The second kappa shape index (κ2) is 6.40. The van der Waals surface area contributed by atoms with Gasteiger partial charge in [0.1, 0.15) is 10.7 Å². The minimum Gasteiger partial charge on any atom is -0.334 e. The van der Waals surface area contributed by atoms with Gasteiger partial charge >= 0.3 is 0 Å². The molecule has 1 aliphatic carbocycles. The Morgan fingerprint density at radius 3 is 2.96 bits per heavy atom. The van der Waals surface area contributed by atoms with Crippen molar-refractivity contribution in [2.75, 3.05) is 6.54 Å². The van der Waals surface area contributed by atoms with Crippen molar-refractivity contribution in [2.24, 2.45) is 5.92 Å². The van der Waals surface area contributed by atoms with Crippen molar-refractivity contribution in [3.8, 4) is 10.6 Å². The molecule has 0 N–H and O–H groups in total. The lowest BCUT2D eigenvalue weighted by atomic mass is 9.78. The lowest BCUT2D eigenvalue weighted by molar-refractivity contribution is 0.0386. The third-order valence-electron chi connectivity index (χ3n) is 5.14. The Hall–Kier alpha value is -1.75. The molecule has 0 radical (unpaired) electrons. The van der Waals surface area contributed by atoms with Crippen LogP contribution in [-0.2, 0) is 0 Å². The number of aromatic nitrogens is 2. The number of thiazole rings is 1. The van der Waals surface area contributed by atoms with Crippen molar-refractivity contribution in [1.82, 2.24) is 14.9 Å². The summed E-state index contributed by atoms with van der Waals surface area (Å²) in [5.74, 6) is 0.825. The third kappa shape index (κ3) is 2.90. The van der Waals surface area contributed by atoms with Crippen LogP contribution < -0.4 is 0 Å². The molecule has 1 saturated heterocycles. The molecule has 2 aliphatic rings. The highest BCUT2D eigenvalue weighted by atomic mass is 32.1. The largest absolute Gasteiger partial charge is 0.334 e. The fourth-order valence-corrected chi connectivity index (χ4v) is 4.80. The summed E-state index contributed by atoms with van der Waals surface area (Å²) in [7, 11) is 0. The smallest absolute Gasteiger partial charge is 0.273 e. The van der Waals surface area contributed by atoms with Crippen molar-refractivity contribution in [3.05, 3.63) is 35.6 Å². The minimum atomic E-state index is 0.119. The summed E-state index contributed by atoms with van der Waals surface area (Å²) in [6, 6.07) is 4.32. The molecular weight excluding hydrogens is 306 g/mol. The molecule has 2 aromatic heterocycles. The molecule has 23 heavy (non-hydrogen) atoms. The first kappa shape index (κ1) is 14.8. The van der Waals surface area contributed by atoms with Gasteiger partial charge < -0.3 is 4.90 Å². The molecule has 4 nitrogen and oxygen atoms in total. The molecule has 0 spiro atoms. The molecule has 1 saturated carbocycles. The highest BCUT2D eigenvalue weighted by Crippen LogP contribution is 2.36. The summed E-state index contributed by atoms with van der Waals surface area (Å²) in [6.07, 6.45) is 11.0. The number of rotatable bonds is 2. The molecule has 120 valence electrons. The van der Waals surface area contributed by atoms with Crippen LogP contribution in [0.4, 0.5) is 0 Å². The van der Waals surface area contributed by atoms with E-state index >= 15 is 0 Å². The summed E-state index contributed by atoms with van der Waals surface area (Å²) >= 11 is 1.53. The Bertz CT molecular complexity index is 683. The second-order valence-corrected chi connectivity index (χ2v) is 7.39. The number of carbonyl (C=O) groups excluding carboxylic acids is 1. The van der Waals surface area contributed by atoms with Crippen LogP contribution in [0.2, 0.25) is 0 Å². The number of hydrogen-bond donors (Lipinski definition) is 0. The lowest BCUT2D eigenvalue weighted by Gasteiger charge is -2.43. The summed E-state index contributed by atoms with van der Waals surface area (Å²) in [4.78, 5) is 23.8. The van der Waals surface area contributed by atoms with Gasteiger partial charge in [0.15, 0.2) is 0 Å². The first-order chi connectivity index (χ1) is 11.3. The summed E-state index contributed by atoms with van der Waals surface area (Å²) in [5.41, 5.74) is 1.57. The van der Waals surface area contributed by atoms with Crippen molar-refractivity contribution in [3.63, 3.8) is 0 Å². The Labute approximate surface area is 140 Å². The van der Waals surface area contributed by atoms with Crippen LogP contribution in [-0.4, -0.2) is 33.4 Å². The molecule has 0 aromatic carbocycles. The third-order valence-corrected chi connectivity index (χ3v) is 6.03. The average Bonchev–Trinajstić information content (AvgIpc) is 3.11. The standard InChI is InChI=1S/C18H21N3OS/c22-18(21-10-4-7-13-5-1-2-8-16(13)21)15-12-23-17(20-15)14-6-3-9-19-11-14/h3,6,9,11-13,16H,1-2,4-5,7-8,10H2/t13-,16-/m1/s1. The number of piperidine rings is 1. The molecule has 0 unspecified atom stereocenters. The maximum Gasteiger partial charge on any atom is 0.273 e. The number of fused-ring (bicyclic) bond motifs is 1. The Morgan fingerprint density at radius 2 is 2.09 bits per heavy atom. The Morgan fingerprint density at radius 1 is 1.22 bits per heavy atom. The highest BCUT2D eigenvalue weighted by molar-refractivity contribution is 7.13. The second-order valence-electron chi connectivity index (χ2n) is 6.53. The number of carbonyl (C=O) groups is 1. The minimum absolute atomic E-state index is 0.119. The predicted molar refractivity (Wildman–Crippen MR) is 91.4 cm³/mol. The molecule has 1 aliphatic heterocycles. The molecule has 3 heterocycles. The molecule has 1 amide bonds. The van der Waals surface area contributed by atoms with Crippen molar-refractivity contribution in [1.29, 1.82) is 0 Å². The van der Waals surface area contributed by atoms with Crippen LogP contribution >= 0.6 is 11.3 Å². The molecule has 5 heteroatoms. The Balaban J connectivity index is 1.56. The van der Waals surface area contributed by atoms with Gasteiger partial charge in [-0.05, 0) is 43.7 Å². The van der Waals surface area contributed by atoms with Crippen LogP contribution in [0.25, 0.3) is 10.6 Å². The van der Waals surface area contributed by atoms with Crippen LogP contribution in [0.5, 0.6) is 0 Å². The maximum absolute atomic E-state index is 13.0. The lowest BCUT2D eigenvalue weighted by Crippen LogP contribution is -2.49. The molecule has 2 aromatic rings. The molecule has 2 atom stereocenters. The average molecular weight is 327 g/mol. The van der Waals surface area contributed by atoms with Crippen molar-refractivity contribution < 1.29 is 4.79 Å². The van der Waals surface area contributed by atoms with Gasteiger partial charge in [0, 0.05) is 35.9 Å². The van der Waals surface area contributed by atoms with Crippen molar-refractivity contribution in [2.45, 2.75) is 44.6 Å². The zero-order chi connectivity index (χ0) is 15.6. The molecule has 0 bridgehead atoms. The number of hydrogen-bond acceptors (Lipinski definition) is 4. The van der Waals surface area contributed by atoms with E-state index in [0.717, 1.165) is 30.0 Å². The van der Waals surface area contributed by atoms with Crippen LogP contribution in [0.3, 0.4) is 0 Å². The fraction of sp³-hybridized carbons (Fsp3) is 0.500. The fourth-order valence-electron chi connectivity index (χ4n) is 4.02. The van der Waals surface area contributed by atoms with Gasteiger partial charge in [0.05, 0.1) is 0 Å². The van der Waals surface area contributed by atoms with E-state index < -0.39 is 0 Å². The first-order valence-electron chi connectivity index (χ1n) is 8.50. The van der Waals surface area contributed by atoms with Crippen LogP contribution in [0.15, 0.2) is 29.9 Å².